The Balaban J connectivity index is 2.19. The molecule has 128 valence electrons. The third-order valence-corrected chi connectivity index (χ3v) is 4.77. The summed E-state index contributed by atoms with van der Waals surface area (Å²) in [6, 6.07) is 0. The molecule has 2 heterocycles. The number of aryl methyl sites for hydroxylation is 2. The monoisotopic (exact) mass is 338 g/mol. The Bertz CT molecular complexity index is 643. The Morgan fingerprint density at radius 1 is 1.35 bits per heavy atom. The maximum absolute atomic E-state index is 11.1. The molecule has 0 radical (unpaired) electrons. The van der Waals surface area contributed by atoms with E-state index in [9.17, 15) is 4.55 Å². The van der Waals surface area contributed by atoms with E-state index in [-0.39, 0.29) is 0 Å². The third-order valence-electron chi connectivity index (χ3n) is 3.90. The smallest absolute Gasteiger partial charge is 0.151 e. The Labute approximate surface area is 140 Å². The predicted octanol–water partition coefficient (Wildman–Crippen LogP) is 2.06. The van der Waals surface area contributed by atoms with E-state index in [1.807, 2.05) is 6.92 Å². The van der Waals surface area contributed by atoms with Gasteiger partial charge in [-0.25, -0.2) is 9.97 Å². The third kappa shape index (κ3) is 4.59. The van der Waals surface area contributed by atoms with Crippen molar-refractivity contribution >= 4 is 28.0 Å². The SMILES string of the molecule is COCCc1nc2c(N)ncc(C)c2n1CCCCC[S+](C)[O-]. The maximum atomic E-state index is 11.1. The normalized spacial score (nSPS) is 12.9. The van der Waals surface area contributed by atoms with Crippen molar-refractivity contribution in [3.63, 3.8) is 0 Å². The van der Waals surface area contributed by atoms with Gasteiger partial charge < -0.3 is 19.6 Å². The van der Waals surface area contributed by atoms with Crippen LogP contribution < -0.4 is 5.73 Å². The molecular formula is C16H26N4O2S. The first-order valence-corrected chi connectivity index (χ1v) is 9.66. The van der Waals surface area contributed by atoms with Crippen LogP contribution in [0.25, 0.3) is 11.0 Å². The summed E-state index contributed by atoms with van der Waals surface area (Å²) in [7, 11) is 1.69. The minimum Gasteiger partial charge on any atom is -0.617 e. The lowest BCUT2D eigenvalue weighted by Crippen LogP contribution is -2.08. The van der Waals surface area contributed by atoms with Gasteiger partial charge in [0.25, 0.3) is 0 Å². The molecule has 0 spiro atoms. The summed E-state index contributed by atoms with van der Waals surface area (Å²) in [5, 5.41) is 0. The average Bonchev–Trinajstić information content (AvgIpc) is 2.88. The summed E-state index contributed by atoms with van der Waals surface area (Å²) in [6.07, 6.45) is 7.39. The number of nitrogens with zero attached hydrogens (tertiary/aromatic N) is 3. The fourth-order valence-electron chi connectivity index (χ4n) is 2.74. The number of hydrogen-bond acceptors (Lipinski definition) is 5. The molecule has 0 fully saturated rings. The van der Waals surface area contributed by atoms with E-state index in [0.717, 1.165) is 60.4 Å². The lowest BCUT2D eigenvalue weighted by Gasteiger charge is -2.11. The van der Waals surface area contributed by atoms with Gasteiger partial charge in [-0.05, 0) is 31.7 Å². The number of hydrogen-bond donors (Lipinski definition) is 1. The van der Waals surface area contributed by atoms with Gasteiger partial charge in [-0.1, -0.05) is 11.2 Å². The summed E-state index contributed by atoms with van der Waals surface area (Å²) < 4.78 is 18.6. The topological polar surface area (TPSA) is 89.0 Å². The zero-order chi connectivity index (χ0) is 16.8. The number of rotatable bonds is 9. The number of aromatic nitrogens is 3. The number of unbranched alkanes of at least 4 members (excludes halogenated alkanes) is 2. The first-order chi connectivity index (χ1) is 11.0. The van der Waals surface area contributed by atoms with E-state index < -0.39 is 11.2 Å². The molecule has 1 unspecified atom stereocenters. The average molecular weight is 338 g/mol. The van der Waals surface area contributed by atoms with E-state index in [1.54, 1.807) is 19.6 Å². The van der Waals surface area contributed by atoms with E-state index in [4.69, 9.17) is 10.5 Å². The molecule has 7 heteroatoms. The minimum atomic E-state index is -0.704. The lowest BCUT2D eigenvalue weighted by molar-refractivity contribution is 0.199. The first kappa shape index (κ1) is 18.0. The fourth-order valence-corrected chi connectivity index (χ4v) is 3.35. The second kappa shape index (κ2) is 8.52. The number of imidazole rings is 1. The standard InChI is InChI=1S/C16H26N4O2S/c1-12-11-18-16(17)14-15(12)20(13(19-14)7-9-22-2)8-5-4-6-10-23(3)21/h11H,4-10H2,1-3H3,(H2,17,18). The molecule has 0 aliphatic rings. The van der Waals surface area contributed by atoms with Crippen molar-refractivity contribution in [2.24, 2.45) is 0 Å². The molecule has 0 bridgehead atoms. The lowest BCUT2D eigenvalue weighted by atomic mass is 10.2. The highest BCUT2D eigenvalue weighted by Gasteiger charge is 2.15. The van der Waals surface area contributed by atoms with Crippen LogP contribution in [0.2, 0.25) is 0 Å². The molecule has 0 saturated heterocycles. The van der Waals surface area contributed by atoms with Crippen molar-refractivity contribution in [2.45, 2.75) is 39.2 Å². The van der Waals surface area contributed by atoms with Gasteiger partial charge in [-0.3, -0.25) is 0 Å². The number of pyridine rings is 1. The van der Waals surface area contributed by atoms with Crippen LogP contribution in [0.3, 0.4) is 0 Å². The van der Waals surface area contributed by atoms with Crippen LogP contribution in [0.15, 0.2) is 6.20 Å². The van der Waals surface area contributed by atoms with Gasteiger partial charge in [0.2, 0.25) is 0 Å². The minimum absolute atomic E-state index is 0.476. The van der Waals surface area contributed by atoms with Crippen LogP contribution in [-0.4, -0.2) is 44.8 Å². The van der Waals surface area contributed by atoms with Crippen LogP contribution in [-0.2, 0) is 28.9 Å². The summed E-state index contributed by atoms with van der Waals surface area (Å²) in [4.78, 5) is 8.89. The van der Waals surface area contributed by atoms with E-state index in [1.165, 1.54) is 0 Å². The van der Waals surface area contributed by atoms with Gasteiger partial charge in [-0.2, -0.15) is 0 Å². The molecule has 2 rings (SSSR count). The maximum Gasteiger partial charge on any atom is 0.151 e. The molecule has 2 aromatic heterocycles. The fraction of sp³-hybridized carbons (Fsp3) is 0.625. The highest BCUT2D eigenvalue weighted by molar-refractivity contribution is 7.90. The molecule has 0 amide bonds. The summed E-state index contributed by atoms with van der Waals surface area (Å²) in [5.41, 5.74) is 8.93. The van der Waals surface area contributed by atoms with Gasteiger partial charge in [0, 0.05) is 26.3 Å². The number of methoxy groups -OCH3 is 1. The van der Waals surface area contributed by atoms with Crippen molar-refractivity contribution in [1.29, 1.82) is 0 Å². The quantitative estimate of drug-likeness (QED) is 0.558. The molecule has 2 N–H and O–H groups in total. The van der Waals surface area contributed by atoms with Gasteiger partial charge in [0.1, 0.15) is 17.1 Å². The van der Waals surface area contributed by atoms with Crippen LogP contribution in [0.4, 0.5) is 5.82 Å². The largest absolute Gasteiger partial charge is 0.617 e. The van der Waals surface area contributed by atoms with Gasteiger partial charge in [0.15, 0.2) is 5.82 Å². The highest BCUT2D eigenvalue weighted by atomic mass is 32.2. The summed E-state index contributed by atoms with van der Waals surface area (Å²) in [6.45, 7) is 3.55. The Morgan fingerprint density at radius 3 is 2.83 bits per heavy atom. The molecule has 0 aliphatic heterocycles. The Kier molecular flexibility index (Phi) is 6.68. The van der Waals surface area contributed by atoms with Crippen molar-refractivity contribution in [3.8, 4) is 0 Å². The number of fused-ring (bicyclic) bond motifs is 1. The van der Waals surface area contributed by atoms with Crippen molar-refractivity contribution in [3.05, 3.63) is 17.6 Å². The highest BCUT2D eigenvalue weighted by Crippen LogP contribution is 2.24. The zero-order valence-corrected chi connectivity index (χ0v) is 15.0. The number of anilines is 1. The van der Waals surface area contributed by atoms with E-state index in [0.29, 0.717) is 12.4 Å². The van der Waals surface area contributed by atoms with Crippen molar-refractivity contribution in [1.82, 2.24) is 14.5 Å². The Morgan fingerprint density at radius 2 is 2.13 bits per heavy atom. The van der Waals surface area contributed by atoms with Crippen LogP contribution in [0.1, 0.15) is 30.7 Å². The molecular weight excluding hydrogens is 312 g/mol. The zero-order valence-electron chi connectivity index (χ0n) is 14.2. The van der Waals surface area contributed by atoms with Gasteiger partial charge >= 0.3 is 0 Å². The van der Waals surface area contributed by atoms with E-state index in [2.05, 4.69) is 14.5 Å². The molecule has 0 aliphatic carbocycles. The molecule has 0 saturated carbocycles. The van der Waals surface area contributed by atoms with E-state index >= 15 is 0 Å². The van der Waals surface area contributed by atoms with Gasteiger partial charge in [0.05, 0.1) is 18.4 Å². The van der Waals surface area contributed by atoms with Crippen LogP contribution in [0.5, 0.6) is 0 Å². The van der Waals surface area contributed by atoms with Crippen molar-refractivity contribution < 1.29 is 9.29 Å². The Hall–Kier alpha value is -1.31. The summed E-state index contributed by atoms with van der Waals surface area (Å²) >= 11 is -0.704. The number of ether oxygens (including phenoxy) is 1. The second-order valence-corrected chi connectivity index (χ2v) is 7.34. The number of nitrogen functional groups attached to an aromatic ring is 1. The van der Waals surface area contributed by atoms with Crippen LogP contribution in [0, 0.1) is 6.92 Å². The van der Waals surface area contributed by atoms with Crippen LogP contribution >= 0.6 is 0 Å². The molecule has 23 heavy (non-hydrogen) atoms. The number of nitrogens with two attached hydrogens (primary N) is 1. The molecule has 1 atom stereocenters. The molecule has 2 aromatic rings. The van der Waals surface area contributed by atoms with Gasteiger partial charge in [-0.15, -0.1) is 0 Å². The van der Waals surface area contributed by atoms with Crippen molar-refractivity contribution in [2.75, 3.05) is 31.5 Å². The molecule has 0 aromatic carbocycles. The predicted molar refractivity (Wildman–Crippen MR) is 95.0 cm³/mol. The second-order valence-electron chi connectivity index (χ2n) is 5.78. The first-order valence-electron chi connectivity index (χ1n) is 7.93. The molecule has 6 nitrogen and oxygen atoms in total. The summed E-state index contributed by atoms with van der Waals surface area (Å²) in [5.74, 6) is 2.24.